The van der Waals surface area contributed by atoms with Gasteiger partial charge in [-0.1, -0.05) is 29.8 Å². The minimum atomic E-state index is 0.598. The summed E-state index contributed by atoms with van der Waals surface area (Å²) in [5.74, 6) is 0. The lowest BCUT2D eigenvalue weighted by Crippen LogP contribution is -2.40. The van der Waals surface area contributed by atoms with Gasteiger partial charge in [0.2, 0.25) is 0 Å². The fourth-order valence-corrected chi connectivity index (χ4v) is 2.98. The molecule has 1 aliphatic rings. The Bertz CT molecular complexity index is 641. The lowest BCUT2D eigenvalue weighted by Gasteiger charge is -2.26. The average molecular weight is 320 g/mol. The highest BCUT2D eigenvalue weighted by Gasteiger charge is 2.10. The van der Waals surface area contributed by atoms with Gasteiger partial charge in [-0.3, -0.25) is 4.90 Å². The van der Waals surface area contributed by atoms with Crippen molar-refractivity contribution in [3.8, 4) is 0 Å². The van der Waals surface area contributed by atoms with Gasteiger partial charge in [-0.25, -0.2) is 4.98 Å². The van der Waals surface area contributed by atoms with E-state index in [1.54, 1.807) is 0 Å². The Morgan fingerprint density at radius 1 is 1.32 bits per heavy atom. The van der Waals surface area contributed by atoms with Crippen molar-refractivity contribution >= 4 is 22.5 Å². The molecule has 3 rings (SSSR count). The van der Waals surface area contributed by atoms with Crippen molar-refractivity contribution in [2.45, 2.75) is 13.5 Å². The molecule has 0 atom stereocenters. The van der Waals surface area contributed by atoms with E-state index in [9.17, 15) is 0 Å². The molecule has 0 spiro atoms. The Labute approximate surface area is 136 Å². The largest absolute Gasteiger partial charge is 0.379 e. The molecule has 1 aromatic heterocycles. The minimum absolute atomic E-state index is 0.598. The van der Waals surface area contributed by atoms with Gasteiger partial charge in [0.15, 0.2) is 0 Å². The zero-order valence-electron chi connectivity index (χ0n) is 12.9. The Balaban J connectivity index is 1.58. The summed E-state index contributed by atoms with van der Waals surface area (Å²) in [6.07, 6.45) is 0. The van der Waals surface area contributed by atoms with E-state index in [0.717, 1.165) is 68.0 Å². The van der Waals surface area contributed by atoms with Crippen LogP contribution in [0.1, 0.15) is 11.1 Å². The van der Waals surface area contributed by atoms with Gasteiger partial charge in [-0.05, 0) is 18.6 Å². The highest BCUT2D eigenvalue weighted by Crippen LogP contribution is 2.22. The van der Waals surface area contributed by atoms with E-state index in [2.05, 4.69) is 46.4 Å². The van der Waals surface area contributed by atoms with Crippen LogP contribution in [0.4, 0.5) is 0 Å². The topological polar surface area (TPSA) is 37.4 Å². The van der Waals surface area contributed by atoms with Crippen LogP contribution in [-0.4, -0.2) is 49.3 Å². The van der Waals surface area contributed by atoms with Gasteiger partial charge >= 0.3 is 0 Å². The molecule has 0 saturated carbocycles. The van der Waals surface area contributed by atoms with Crippen molar-refractivity contribution in [3.63, 3.8) is 0 Å². The number of ether oxygens (including phenoxy) is 1. The van der Waals surface area contributed by atoms with Crippen LogP contribution in [-0.2, 0) is 11.3 Å². The molecule has 4 nitrogen and oxygen atoms in total. The van der Waals surface area contributed by atoms with Crippen molar-refractivity contribution in [2.75, 3.05) is 39.4 Å². The van der Waals surface area contributed by atoms with E-state index in [-0.39, 0.29) is 0 Å². The van der Waals surface area contributed by atoms with Gasteiger partial charge in [-0.2, -0.15) is 0 Å². The summed E-state index contributed by atoms with van der Waals surface area (Å²) in [5, 5.41) is 5.21. The molecule has 0 radical (unpaired) electrons. The van der Waals surface area contributed by atoms with Gasteiger partial charge in [0.1, 0.15) is 5.15 Å². The summed E-state index contributed by atoms with van der Waals surface area (Å²) in [4.78, 5) is 6.96. The van der Waals surface area contributed by atoms with E-state index in [1.807, 2.05) is 0 Å². The summed E-state index contributed by atoms with van der Waals surface area (Å²) in [6.45, 7) is 8.55. The van der Waals surface area contributed by atoms with E-state index in [4.69, 9.17) is 16.3 Å². The number of benzene rings is 1. The Hall–Kier alpha value is -1.20. The van der Waals surface area contributed by atoms with Gasteiger partial charge in [0.25, 0.3) is 0 Å². The highest BCUT2D eigenvalue weighted by atomic mass is 35.5. The quantitative estimate of drug-likeness (QED) is 0.679. The van der Waals surface area contributed by atoms with Crippen LogP contribution in [0.25, 0.3) is 10.9 Å². The highest BCUT2D eigenvalue weighted by molar-refractivity contribution is 6.30. The van der Waals surface area contributed by atoms with Crippen molar-refractivity contribution in [1.82, 2.24) is 15.2 Å². The molecule has 2 aromatic rings. The monoisotopic (exact) mass is 319 g/mol. The van der Waals surface area contributed by atoms with Gasteiger partial charge in [0.05, 0.1) is 18.7 Å². The minimum Gasteiger partial charge on any atom is -0.379 e. The molecule has 0 unspecified atom stereocenters. The van der Waals surface area contributed by atoms with E-state index < -0.39 is 0 Å². The third kappa shape index (κ3) is 3.76. The molecule has 1 saturated heterocycles. The number of aryl methyl sites for hydroxylation is 1. The molecule has 1 aromatic carbocycles. The van der Waals surface area contributed by atoms with Gasteiger partial charge < -0.3 is 10.1 Å². The molecule has 1 N–H and O–H groups in total. The standard InChI is InChI=1S/C17H22ClN3O/c1-13-3-2-4-14-11-15(17(18)20-16(13)14)12-19-5-6-21-7-9-22-10-8-21/h2-4,11,19H,5-10,12H2,1H3. The number of pyridine rings is 1. The number of para-hydroxylation sites is 1. The van der Waals surface area contributed by atoms with Crippen LogP contribution < -0.4 is 5.32 Å². The number of nitrogens with zero attached hydrogens (tertiary/aromatic N) is 2. The van der Waals surface area contributed by atoms with Crippen LogP contribution in [0.15, 0.2) is 24.3 Å². The molecule has 2 heterocycles. The second kappa shape index (κ2) is 7.38. The molecule has 0 aliphatic carbocycles. The van der Waals surface area contributed by atoms with Crippen LogP contribution in [0.3, 0.4) is 0 Å². The van der Waals surface area contributed by atoms with E-state index in [0.29, 0.717) is 5.15 Å². The number of rotatable bonds is 5. The molecule has 22 heavy (non-hydrogen) atoms. The molecule has 0 bridgehead atoms. The van der Waals surface area contributed by atoms with Crippen molar-refractivity contribution in [2.24, 2.45) is 0 Å². The maximum Gasteiger partial charge on any atom is 0.134 e. The molecule has 1 aliphatic heterocycles. The molecule has 118 valence electrons. The Morgan fingerprint density at radius 2 is 2.14 bits per heavy atom. The third-order valence-electron chi connectivity index (χ3n) is 4.10. The van der Waals surface area contributed by atoms with Crippen molar-refractivity contribution < 1.29 is 4.74 Å². The van der Waals surface area contributed by atoms with E-state index in [1.165, 1.54) is 0 Å². The second-order valence-electron chi connectivity index (χ2n) is 5.72. The van der Waals surface area contributed by atoms with Crippen LogP contribution in [0, 0.1) is 6.92 Å². The lowest BCUT2D eigenvalue weighted by molar-refractivity contribution is 0.0384. The van der Waals surface area contributed by atoms with Crippen molar-refractivity contribution in [1.29, 1.82) is 0 Å². The van der Waals surface area contributed by atoms with Gasteiger partial charge in [0, 0.05) is 43.7 Å². The fraction of sp³-hybridized carbons (Fsp3) is 0.471. The zero-order valence-corrected chi connectivity index (χ0v) is 13.7. The number of morpholine rings is 1. The fourth-order valence-electron chi connectivity index (χ4n) is 2.78. The number of halogens is 1. The molecular formula is C17H22ClN3O. The first-order valence-electron chi connectivity index (χ1n) is 7.79. The maximum absolute atomic E-state index is 6.32. The summed E-state index contributed by atoms with van der Waals surface area (Å²) in [5.41, 5.74) is 3.21. The summed E-state index contributed by atoms with van der Waals surface area (Å²) < 4.78 is 5.35. The number of nitrogens with one attached hydrogen (secondary N) is 1. The predicted molar refractivity (Wildman–Crippen MR) is 90.5 cm³/mol. The summed E-state index contributed by atoms with van der Waals surface area (Å²) >= 11 is 6.32. The Kier molecular flexibility index (Phi) is 5.26. The first-order valence-corrected chi connectivity index (χ1v) is 8.17. The van der Waals surface area contributed by atoms with Crippen LogP contribution in [0.2, 0.25) is 5.15 Å². The van der Waals surface area contributed by atoms with Crippen molar-refractivity contribution in [3.05, 3.63) is 40.5 Å². The maximum atomic E-state index is 6.32. The normalized spacial score (nSPS) is 16.3. The smallest absolute Gasteiger partial charge is 0.134 e. The molecule has 1 fully saturated rings. The SMILES string of the molecule is Cc1cccc2cc(CNCCN3CCOCC3)c(Cl)nc12. The predicted octanol–water partition coefficient (Wildman–Crippen LogP) is 2.62. The number of aromatic nitrogens is 1. The zero-order chi connectivity index (χ0) is 15.4. The summed E-state index contributed by atoms with van der Waals surface area (Å²) in [7, 11) is 0. The molecule has 0 amide bonds. The number of hydrogen-bond acceptors (Lipinski definition) is 4. The first-order chi connectivity index (χ1) is 10.7. The number of hydrogen-bond donors (Lipinski definition) is 1. The van der Waals surface area contributed by atoms with Crippen LogP contribution in [0.5, 0.6) is 0 Å². The number of fused-ring (bicyclic) bond motifs is 1. The summed E-state index contributed by atoms with van der Waals surface area (Å²) in [6, 6.07) is 8.34. The van der Waals surface area contributed by atoms with Crippen LogP contribution >= 0.6 is 11.6 Å². The third-order valence-corrected chi connectivity index (χ3v) is 4.42. The molecule has 5 heteroatoms. The van der Waals surface area contributed by atoms with E-state index >= 15 is 0 Å². The average Bonchev–Trinajstić information content (AvgIpc) is 2.54. The Morgan fingerprint density at radius 3 is 2.95 bits per heavy atom. The lowest BCUT2D eigenvalue weighted by atomic mass is 10.1. The first kappa shape index (κ1) is 15.7. The molecular weight excluding hydrogens is 298 g/mol. The second-order valence-corrected chi connectivity index (χ2v) is 6.07. The van der Waals surface area contributed by atoms with Gasteiger partial charge in [-0.15, -0.1) is 0 Å².